The van der Waals surface area contributed by atoms with Crippen LogP contribution in [0.15, 0.2) is 0 Å². The predicted molar refractivity (Wildman–Crippen MR) is 193 cm³/mol. The van der Waals surface area contributed by atoms with Crippen molar-refractivity contribution in [3.8, 4) is 0 Å². The standard InChI is InChI=1S/C15H30O.C14H28O.C12H24O/c1-10(2)14(11(3)4)15(7)8-12(5)16-13(6)9-15;1-9(2)14(10(3)4)13-7-11(5)15-12(6)8-13;1-9(2)12(10(3)4)11-6-5-7-13-8-11/h10-14H,8-9H2,1-7H3;9-14H,7-8H2,1-6H3;9-12H,5-8H2,1-4H3. The zero-order valence-electron chi connectivity index (χ0n) is 33.0. The van der Waals surface area contributed by atoms with Gasteiger partial charge in [0.05, 0.1) is 24.4 Å². The minimum atomic E-state index is 0.425. The Balaban J connectivity index is 0.000000332. The fourth-order valence-corrected chi connectivity index (χ4v) is 11.1. The van der Waals surface area contributed by atoms with Crippen LogP contribution >= 0.6 is 0 Å². The summed E-state index contributed by atoms with van der Waals surface area (Å²) in [6.07, 6.45) is 9.36. The Morgan fingerprint density at radius 3 is 1.25 bits per heavy atom. The van der Waals surface area contributed by atoms with Gasteiger partial charge in [0, 0.05) is 13.2 Å². The van der Waals surface area contributed by atoms with Crippen LogP contribution in [0.1, 0.15) is 156 Å². The third-order valence-corrected chi connectivity index (χ3v) is 11.3. The molecule has 3 aliphatic heterocycles. The van der Waals surface area contributed by atoms with E-state index < -0.39 is 0 Å². The summed E-state index contributed by atoms with van der Waals surface area (Å²) in [6, 6.07) is 0. The van der Waals surface area contributed by atoms with Crippen LogP contribution in [0.25, 0.3) is 0 Å². The quantitative estimate of drug-likeness (QED) is 0.256. The van der Waals surface area contributed by atoms with E-state index in [9.17, 15) is 0 Å². The Morgan fingerprint density at radius 1 is 0.523 bits per heavy atom. The van der Waals surface area contributed by atoms with Gasteiger partial charge < -0.3 is 14.2 Å². The lowest BCUT2D eigenvalue weighted by molar-refractivity contribution is -0.114. The zero-order valence-corrected chi connectivity index (χ0v) is 33.0. The van der Waals surface area contributed by atoms with Crippen molar-refractivity contribution in [2.75, 3.05) is 13.2 Å². The van der Waals surface area contributed by atoms with E-state index in [0.29, 0.717) is 29.8 Å². The van der Waals surface area contributed by atoms with Gasteiger partial charge >= 0.3 is 0 Å². The Bertz CT molecular complexity index is 690. The van der Waals surface area contributed by atoms with Crippen molar-refractivity contribution in [3.05, 3.63) is 0 Å². The van der Waals surface area contributed by atoms with Crippen molar-refractivity contribution in [1.82, 2.24) is 0 Å². The Kier molecular flexibility index (Phi) is 18.7. The molecule has 0 aromatic carbocycles. The minimum Gasteiger partial charge on any atom is -0.381 e. The van der Waals surface area contributed by atoms with Crippen LogP contribution in [0, 0.1) is 70.5 Å². The molecule has 3 aliphatic rings. The Hall–Kier alpha value is -0.120. The molecule has 0 aromatic rings. The molecule has 0 saturated carbocycles. The topological polar surface area (TPSA) is 27.7 Å². The average Bonchev–Trinajstić information content (AvgIpc) is 2.82. The van der Waals surface area contributed by atoms with Crippen LogP contribution < -0.4 is 0 Å². The maximum Gasteiger partial charge on any atom is 0.0555 e. The van der Waals surface area contributed by atoms with E-state index in [1.54, 1.807) is 0 Å². The average molecular weight is 623 g/mol. The van der Waals surface area contributed by atoms with Crippen molar-refractivity contribution in [2.24, 2.45) is 70.5 Å². The van der Waals surface area contributed by atoms with Crippen LogP contribution in [0.2, 0.25) is 0 Å². The van der Waals surface area contributed by atoms with E-state index in [1.165, 1.54) is 38.5 Å². The molecule has 3 rings (SSSR count). The molecule has 0 bridgehead atoms. The number of rotatable bonds is 9. The number of ether oxygens (including phenoxy) is 3. The van der Waals surface area contributed by atoms with Crippen LogP contribution in [0.5, 0.6) is 0 Å². The van der Waals surface area contributed by atoms with Gasteiger partial charge in [-0.1, -0.05) is 90.0 Å². The van der Waals surface area contributed by atoms with Crippen molar-refractivity contribution in [1.29, 1.82) is 0 Å². The summed E-state index contributed by atoms with van der Waals surface area (Å²) >= 11 is 0. The van der Waals surface area contributed by atoms with Crippen molar-refractivity contribution in [3.63, 3.8) is 0 Å². The van der Waals surface area contributed by atoms with Crippen molar-refractivity contribution < 1.29 is 14.2 Å². The van der Waals surface area contributed by atoms with Crippen molar-refractivity contribution in [2.45, 2.75) is 181 Å². The molecule has 5 unspecified atom stereocenters. The molecule has 44 heavy (non-hydrogen) atoms. The third kappa shape index (κ3) is 13.5. The first-order valence-electron chi connectivity index (χ1n) is 19.2. The maximum absolute atomic E-state index is 5.89. The molecule has 0 radical (unpaired) electrons. The van der Waals surface area contributed by atoms with Gasteiger partial charge in [-0.2, -0.15) is 0 Å². The molecule has 0 aliphatic carbocycles. The smallest absolute Gasteiger partial charge is 0.0555 e. The third-order valence-electron chi connectivity index (χ3n) is 11.3. The van der Waals surface area contributed by atoms with Gasteiger partial charge in [-0.05, 0) is 137 Å². The summed E-state index contributed by atoms with van der Waals surface area (Å²) in [6.45, 7) is 41.7. The molecule has 0 amide bonds. The molecule has 3 nitrogen and oxygen atoms in total. The maximum atomic E-state index is 5.89. The van der Waals surface area contributed by atoms with Gasteiger partial charge in [0.25, 0.3) is 0 Å². The molecule has 264 valence electrons. The number of hydrogen-bond acceptors (Lipinski definition) is 3. The molecular weight excluding hydrogens is 540 g/mol. The lowest BCUT2D eigenvalue weighted by Crippen LogP contribution is -2.44. The van der Waals surface area contributed by atoms with Crippen LogP contribution in [0.4, 0.5) is 0 Å². The van der Waals surface area contributed by atoms with E-state index >= 15 is 0 Å². The second-order valence-electron chi connectivity index (χ2n) is 17.9. The second kappa shape index (κ2) is 19.6. The van der Waals surface area contributed by atoms with E-state index in [0.717, 1.165) is 78.3 Å². The van der Waals surface area contributed by atoms with Gasteiger partial charge in [0.2, 0.25) is 0 Å². The highest BCUT2D eigenvalue weighted by molar-refractivity contribution is 4.92. The fourth-order valence-electron chi connectivity index (χ4n) is 11.1. The molecule has 0 N–H and O–H groups in total. The van der Waals surface area contributed by atoms with Crippen LogP contribution in [-0.4, -0.2) is 37.6 Å². The molecule has 0 aromatic heterocycles. The summed E-state index contributed by atoms with van der Waals surface area (Å²) < 4.78 is 17.3. The fraction of sp³-hybridized carbons (Fsp3) is 1.00. The SMILES string of the molecule is CC(C)C(C(C)C)C1CCCOC1.CC1CC(C(C(C)C)C(C)C)CC(C)O1.CC1CC(C)(C(C(C)C)C(C)C)CC(C)O1. The monoisotopic (exact) mass is 623 g/mol. The molecule has 3 fully saturated rings. The zero-order chi connectivity index (χ0) is 33.9. The van der Waals surface area contributed by atoms with Gasteiger partial charge in [0.15, 0.2) is 0 Å². The number of hydrogen-bond donors (Lipinski definition) is 0. The molecular formula is C41H82O3. The van der Waals surface area contributed by atoms with Gasteiger partial charge in [-0.3, -0.25) is 0 Å². The lowest BCUT2D eigenvalue weighted by Gasteiger charge is -2.49. The summed E-state index contributed by atoms with van der Waals surface area (Å²) in [5.41, 5.74) is 0.458. The van der Waals surface area contributed by atoms with E-state index in [1.807, 2.05) is 0 Å². The van der Waals surface area contributed by atoms with Gasteiger partial charge in [-0.15, -0.1) is 0 Å². The van der Waals surface area contributed by atoms with Crippen LogP contribution in [0.3, 0.4) is 0 Å². The first-order valence-corrected chi connectivity index (χ1v) is 19.2. The van der Waals surface area contributed by atoms with Crippen molar-refractivity contribution >= 4 is 0 Å². The largest absolute Gasteiger partial charge is 0.381 e. The summed E-state index contributed by atoms with van der Waals surface area (Å²) in [5, 5.41) is 0. The molecule has 3 heterocycles. The molecule has 3 heteroatoms. The minimum absolute atomic E-state index is 0.425. The summed E-state index contributed by atoms with van der Waals surface area (Å²) in [7, 11) is 0. The Morgan fingerprint density at radius 2 is 0.909 bits per heavy atom. The Labute approximate surface area is 278 Å². The summed E-state index contributed by atoms with van der Waals surface area (Å²) in [4.78, 5) is 0. The highest BCUT2D eigenvalue weighted by Gasteiger charge is 2.43. The van der Waals surface area contributed by atoms with E-state index in [4.69, 9.17) is 14.2 Å². The lowest BCUT2D eigenvalue weighted by atomic mass is 9.61. The first-order chi connectivity index (χ1) is 20.3. The molecule has 0 spiro atoms. The first kappa shape index (κ1) is 41.9. The van der Waals surface area contributed by atoms with E-state index in [-0.39, 0.29) is 0 Å². The molecule has 5 atom stereocenters. The highest BCUT2D eigenvalue weighted by atomic mass is 16.5. The predicted octanol–water partition coefficient (Wildman–Crippen LogP) is 12.0. The second-order valence-corrected chi connectivity index (χ2v) is 17.9. The van der Waals surface area contributed by atoms with Crippen LogP contribution in [-0.2, 0) is 14.2 Å². The van der Waals surface area contributed by atoms with Gasteiger partial charge in [-0.25, -0.2) is 0 Å². The van der Waals surface area contributed by atoms with E-state index in [2.05, 4.69) is 118 Å². The highest BCUT2D eigenvalue weighted by Crippen LogP contribution is 2.48. The normalized spacial score (nSPS) is 31.8. The molecule has 3 saturated heterocycles. The summed E-state index contributed by atoms with van der Waals surface area (Å²) in [5.74, 6) is 8.92. The van der Waals surface area contributed by atoms with Gasteiger partial charge in [0.1, 0.15) is 0 Å².